The second-order valence-corrected chi connectivity index (χ2v) is 4.35. The van der Waals surface area contributed by atoms with Crippen molar-refractivity contribution >= 4 is 22.6 Å². The maximum absolute atomic E-state index is 10.3. The molecule has 0 heterocycles. The minimum absolute atomic E-state index is 0. The highest BCUT2D eigenvalue weighted by Crippen LogP contribution is 2.01. The van der Waals surface area contributed by atoms with Crippen molar-refractivity contribution in [1.82, 2.24) is 4.72 Å². The van der Waals surface area contributed by atoms with Gasteiger partial charge in [-0.25, -0.2) is 9.86 Å². The van der Waals surface area contributed by atoms with Crippen LogP contribution in [0, 0.1) is 5.92 Å². The van der Waals surface area contributed by atoms with E-state index in [1.165, 1.54) is 0 Å². The molecule has 12 heavy (non-hydrogen) atoms. The molecule has 3 N–H and O–H groups in total. The second-order valence-electron chi connectivity index (χ2n) is 2.98. The van der Waals surface area contributed by atoms with Crippen LogP contribution in [-0.4, -0.2) is 15.0 Å². The zero-order chi connectivity index (χ0) is 8.91. The SMILES string of the molecule is CC(C)CCCNS(N)(=O)=O.Cl. The van der Waals surface area contributed by atoms with E-state index in [0.29, 0.717) is 12.5 Å². The number of nitrogens with two attached hydrogens (primary N) is 1. The Morgan fingerprint density at radius 2 is 1.92 bits per heavy atom. The Balaban J connectivity index is 0. The molecule has 0 saturated heterocycles. The van der Waals surface area contributed by atoms with Crippen molar-refractivity contribution in [3.05, 3.63) is 0 Å². The Bertz CT molecular complexity index is 192. The fraction of sp³-hybridized carbons (Fsp3) is 1.00. The van der Waals surface area contributed by atoms with Gasteiger partial charge >= 0.3 is 0 Å². The fourth-order valence-electron chi connectivity index (χ4n) is 0.725. The maximum Gasteiger partial charge on any atom is 0.274 e. The fourth-order valence-corrected chi connectivity index (χ4v) is 1.15. The molecule has 6 heteroatoms. The molecule has 0 rings (SSSR count). The average molecular weight is 217 g/mol. The average Bonchev–Trinajstić information content (AvgIpc) is 1.78. The number of rotatable bonds is 5. The van der Waals surface area contributed by atoms with Gasteiger partial charge < -0.3 is 0 Å². The lowest BCUT2D eigenvalue weighted by Crippen LogP contribution is -2.31. The van der Waals surface area contributed by atoms with Gasteiger partial charge in [0.05, 0.1) is 0 Å². The van der Waals surface area contributed by atoms with Crippen molar-refractivity contribution < 1.29 is 8.42 Å². The molecule has 0 amide bonds. The Morgan fingerprint density at radius 3 is 2.25 bits per heavy atom. The summed E-state index contributed by atoms with van der Waals surface area (Å²) in [6.45, 7) is 4.63. The van der Waals surface area contributed by atoms with Crippen LogP contribution in [0.15, 0.2) is 0 Å². The van der Waals surface area contributed by atoms with Crippen LogP contribution in [0.5, 0.6) is 0 Å². The summed E-state index contributed by atoms with van der Waals surface area (Å²) in [6.07, 6.45) is 1.86. The van der Waals surface area contributed by atoms with Crippen LogP contribution in [0.1, 0.15) is 26.7 Å². The minimum Gasteiger partial charge on any atom is -0.216 e. The van der Waals surface area contributed by atoms with Crippen molar-refractivity contribution in [3.63, 3.8) is 0 Å². The lowest BCUT2D eigenvalue weighted by molar-refractivity contribution is 0.540. The first-order valence-electron chi connectivity index (χ1n) is 3.69. The van der Waals surface area contributed by atoms with Gasteiger partial charge in [0.2, 0.25) is 0 Å². The van der Waals surface area contributed by atoms with Crippen molar-refractivity contribution in [3.8, 4) is 0 Å². The number of hydrogen-bond donors (Lipinski definition) is 2. The van der Waals surface area contributed by atoms with E-state index in [1.54, 1.807) is 0 Å². The molecule has 0 aromatic carbocycles. The van der Waals surface area contributed by atoms with Gasteiger partial charge in [0, 0.05) is 6.54 Å². The van der Waals surface area contributed by atoms with E-state index in [9.17, 15) is 8.42 Å². The summed E-state index contributed by atoms with van der Waals surface area (Å²) in [6, 6.07) is 0. The molecule has 0 spiro atoms. The van der Waals surface area contributed by atoms with E-state index in [1.807, 2.05) is 0 Å². The molecule has 0 saturated carbocycles. The minimum atomic E-state index is -3.47. The summed E-state index contributed by atoms with van der Waals surface area (Å²) in [7, 11) is -3.47. The summed E-state index contributed by atoms with van der Waals surface area (Å²) in [4.78, 5) is 0. The molecule has 0 atom stereocenters. The summed E-state index contributed by atoms with van der Waals surface area (Å²) < 4.78 is 22.9. The van der Waals surface area contributed by atoms with Gasteiger partial charge in [-0.3, -0.25) is 0 Å². The predicted octanol–water partition coefficient (Wildman–Crippen LogP) is 0.638. The first-order chi connectivity index (χ1) is 4.92. The summed E-state index contributed by atoms with van der Waals surface area (Å²) >= 11 is 0. The van der Waals surface area contributed by atoms with Crippen LogP contribution < -0.4 is 9.86 Å². The summed E-state index contributed by atoms with van der Waals surface area (Å²) in [5, 5.41) is 4.71. The van der Waals surface area contributed by atoms with Crippen molar-refractivity contribution in [2.45, 2.75) is 26.7 Å². The quantitative estimate of drug-likeness (QED) is 0.662. The highest BCUT2D eigenvalue weighted by molar-refractivity contribution is 7.87. The largest absolute Gasteiger partial charge is 0.274 e. The third-order valence-corrected chi connectivity index (χ3v) is 1.87. The zero-order valence-electron chi connectivity index (χ0n) is 7.41. The molecule has 0 aliphatic heterocycles. The summed E-state index contributed by atoms with van der Waals surface area (Å²) in [5.74, 6) is 0.609. The van der Waals surface area contributed by atoms with E-state index in [2.05, 4.69) is 18.6 Å². The standard InChI is InChI=1S/C6H16N2O2S.ClH/c1-6(2)4-3-5-8-11(7,9)10;/h6,8H,3-5H2,1-2H3,(H2,7,9,10);1H. The van der Waals surface area contributed by atoms with Crippen LogP contribution in [0.2, 0.25) is 0 Å². The molecule has 0 fully saturated rings. The molecular formula is C6H17ClN2O2S. The van der Waals surface area contributed by atoms with Gasteiger partial charge in [0.15, 0.2) is 0 Å². The van der Waals surface area contributed by atoms with E-state index in [4.69, 9.17) is 5.14 Å². The van der Waals surface area contributed by atoms with Crippen molar-refractivity contribution in [2.24, 2.45) is 11.1 Å². The third kappa shape index (κ3) is 12.8. The van der Waals surface area contributed by atoms with Gasteiger partial charge in [-0.2, -0.15) is 8.42 Å². The highest BCUT2D eigenvalue weighted by Gasteiger charge is 1.99. The molecule has 0 aromatic rings. The molecule has 0 aromatic heterocycles. The smallest absolute Gasteiger partial charge is 0.216 e. The van der Waals surface area contributed by atoms with E-state index >= 15 is 0 Å². The molecule has 76 valence electrons. The second kappa shape index (κ2) is 6.65. The molecule has 4 nitrogen and oxygen atoms in total. The maximum atomic E-state index is 10.3. The Kier molecular flexibility index (Phi) is 8.13. The third-order valence-electron chi connectivity index (χ3n) is 1.26. The zero-order valence-corrected chi connectivity index (χ0v) is 9.04. The van der Waals surface area contributed by atoms with E-state index in [-0.39, 0.29) is 12.4 Å². The van der Waals surface area contributed by atoms with Gasteiger partial charge in [-0.05, 0) is 18.8 Å². The van der Waals surface area contributed by atoms with Crippen molar-refractivity contribution in [2.75, 3.05) is 6.54 Å². The van der Waals surface area contributed by atoms with E-state index in [0.717, 1.165) is 12.8 Å². The van der Waals surface area contributed by atoms with Crippen LogP contribution in [-0.2, 0) is 10.2 Å². The first kappa shape index (κ1) is 14.7. The molecule has 0 aliphatic carbocycles. The van der Waals surface area contributed by atoms with Gasteiger partial charge in [-0.1, -0.05) is 13.8 Å². The molecule has 0 radical (unpaired) electrons. The van der Waals surface area contributed by atoms with Crippen LogP contribution in [0.3, 0.4) is 0 Å². The summed E-state index contributed by atoms with van der Waals surface area (Å²) in [5.41, 5.74) is 0. The van der Waals surface area contributed by atoms with Gasteiger partial charge in [-0.15, -0.1) is 12.4 Å². The number of halogens is 1. The number of hydrogen-bond acceptors (Lipinski definition) is 2. The molecule has 0 unspecified atom stereocenters. The normalized spacial score (nSPS) is 11.3. The predicted molar refractivity (Wildman–Crippen MR) is 52.4 cm³/mol. The van der Waals surface area contributed by atoms with Crippen molar-refractivity contribution in [1.29, 1.82) is 0 Å². The first-order valence-corrected chi connectivity index (χ1v) is 5.24. The van der Waals surface area contributed by atoms with Crippen LogP contribution in [0.4, 0.5) is 0 Å². The van der Waals surface area contributed by atoms with E-state index < -0.39 is 10.2 Å². The Hall–Kier alpha value is 0.160. The Labute approximate surface area is 80.5 Å². The molecular weight excluding hydrogens is 200 g/mol. The topological polar surface area (TPSA) is 72.2 Å². The van der Waals surface area contributed by atoms with Gasteiger partial charge in [0.25, 0.3) is 10.2 Å². The molecule has 0 bridgehead atoms. The lowest BCUT2D eigenvalue weighted by Gasteiger charge is -2.03. The Morgan fingerprint density at radius 1 is 1.42 bits per heavy atom. The number of nitrogens with one attached hydrogen (secondary N) is 1. The monoisotopic (exact) mass is 216 g/mol. The molecule has 0 aliphatic rings. The van der Waals surface area contributed by atoms with Crippen LogP contribution >= 0.6 is 12.4 Å². The lowest BCUT2D eigenvalue weighted by atomic mass is 10.1. The van der Waals surface area contributed by atoms with Gasteiger partial charge in [0.1, 0.15) is 0 Å². The highest BCUT2D eigenvalue weighted by atomic mass is 35.5. The van der Waals surface area contributed by atoms with Crippen LogP contribution in [0.25, 0.3) is 0 Å².